The zero-order chi connectivity index (χ0) is 15.1. The van der Waals surface area contributed by atoms with Crippen LogP contribution >= 0.6 is 0 Å². The number of pyridine rings is 2. The van der Waals surface area contributed by atoms with Gasteiger partial charge in [-0.05, 0) is 37.6 Å². The average Bonchev–Trinajstić information content (AvgIpc) is 3.16. The van der Waals surface area contributed by atoms with Crippen molar-refractivity contribution in [3.05, 3.63) is 54.0 Å². The minimum absolute atomic E-state index is 0.785. The van der Waals surface area contributed by atoms with Crippen LogP contribution in [0.3, 0.4) is 0 Å². The van der Waals surface area contributed by atoms with Crippen LogP contribution < -0.4 is 10.9 Å². The molecule has 6 nitrogen and oxygen atoms in total. The van der Waals surface area contributed by atoms with Crippen molar-refractivity contribution < 1.29 is 0 Å². The van der Waals surface area contributed by atoms with Crippen molar-refractivity contribution in [3.8, 4) is 17.1 Å². The largest absolute Gasteiger partial charge is 0.294 e. The Morgan fingerprint density at radius 2 is 2.09 bits per heavy atom. The maximum Gasteiger partial charge on any atom is 0.148 e. The molecule has 3 aromatic rings. The average molecular weight is 292 g/mol. The van der Waals surface area contributed by atoms with Crippen molar-refractivity contribution in [1.82, 2.24) is 19.7 Å². The number of hydrazine groups is 1. The third kappa shape index (κ3) is 2.05. The van der Waals surface area contributed by atoms with Crippen LogP contribution in [0.15, 0.2) is 42.7 Å². The molecule has 110 valence electrons. The minimum atomic E-state index is 0.785. The van der Waals surface area contributed by atoms with Gasteiger partial charge in [0.2, 0.25) is 0 Å². The Balaban J connectivity index is 1.81. The van der Waals surface area contributed by atoms with Crippen molar-refractivity contribution >= 4 is 5.82 Å². The van der Waals surface area contributed by atoms with E-state index in [0.29, 0.717) is 0 Å². The molecule has 0 radical (unpaired) electrons. The van der Waals surface area contributed by atoms with Crippen molar-refractivity contribution in [2.24, 2.45) is 5.84 Å². The fourth-order valence-corrected chi connectivity index (χ4v) is 2.80. The predicted octanol–water partition coefficient (Wildman–Crippen LogP) is 1.87. The molecular weight excluding hydrogens is 276 g/mol. The molecular formula is C16H16N6. The first-order chi connectivity index (χ1) is 10.7. The van der Waals surface area contributed by atoms with Crippen molar-refractivity contribution in [1.29, 1.82) is 0 Å². The van der Waals surface area contributed by atoms with E-state index in [1.807, 2.05) is 48.1 Å². The van der Waals surface area contributed by atoms with Crippen LogP contribution in [0.25, 0.3) is 17.1 Å². The molecule has 0 amide bonds. The molecule has 0 aliphatic carbocycles. The van der Waals surface area contributed by atoms with E-state index in [9.17, 15) is 0 Å². The van der Waals surface area contributed by atoms with Gasteiger partial charge in [0.25, 0.3) is 0 Å². The maximum absolute atomic E-state index is 5.99. The number of aryl methyl sites for hydroxylation is 1. The SMILES string of the molecule is Cc1cc(-n2ccc(-c3ccccn3)n2)c2c(n1)N(N)CC2. The van der Waals surface area contributed by atoms with Gasteiger partial charge in [0.1, 0.15) is 11.5 Å². The number of nitrogens with zero attached hydrogens (tertiary/aromatic N) is 5. The third-order valence-electron chi connectivity index (χ3n) is 3.84. The number of nitrogens with two attached hydrogens (primary N) is 1. The standard InChI is InChI=1S/C16H16N6/c1-11-10-15(12-5-8-21(17)16(12)19-11)22-9-6-14(20-22)13-4-2-3-7-18-13/h2-4,6-7,9-10H,5,8,17H2,1H3. The van der Waals surface area contributed by atoms with E-state index in [0.717, 1.165) is 47.1 Å². The molecule has 4 rings (SSSR count). The number of anilines is 1. The summed E-state index contributed by atoms with van der Waals surface area (Å²) in [6.45, 7) is 2.76. The lowest BCUT2D eigenvalue weighted by molar-refractivity contribution is 0.860. The van der Waals surface area contributed by atoms with Gasteiger partial charge < -0.3 is 0 Å². The normalized spacial score (nSPS) is 13.5. The lowest BCUT2D eigenvalue weighted by atomic mass is 10.1. The summed E-state index contributed by atoms with van der Waals surface area (Å²) in [5.41, 5.74) is 4.83. The Labute approximate surface area is 128 Å². The molecule has 1 aliphatic rings. The molecule has 3 aromatic heterocycles. The third-order valence-corrected chi connectivity index (χ3v) is 3.84. The minimum Gasteiger partial charge on any atom is -0.294 e. The first kappa shape index (κ1) is 13.0. The second-order valence-corrected chi connectivity index (χ2v) is 5.39. The zero-order valence-electron chi connectivity index (χ0n) is 12.3. The Morgan fingerprint density at radius 1 is 1.18 bits per heavy atom. The van der Waals surface area contributed by atoms with Crippen LogP contribution in [0.2, 0.25) is 0 Å². The topological polar surface area (TPSA) is 72.9 Å². The van der Waals surface area contributed by atoms with Gasteiger partial charge in [0, 0.05) is 30.2 Å². The summed E-state index contributed by atoms with van der Waals surface area (Å²) >= 11 is 0. The first-order valence-electron chi connectivity index (χ1n) is 7.22. The molecule has 1 aliphatic heterocycles. The first-order valence-corrected chi connectivity index (χ1v) is 7.22. The van der Waals surface area contributed by atoms with Crippen LogP contribution in [0, 0.1) is 6.92 Å². The number of rotatable bonds is 2. The summed E-state index contributed by atoms with van der Waals surface area (Å²) in [5.74, 6) is 6.84. The Kier molecular flexibility index (Phi) is 2.90. The van der Waals surface area contributed by atoms with Gasteiger partial charge >= 0.3 is 0 Å². The van der Waals surface area contributed by atoms with E-state index in [4.69, 9.17) is 5.84 Å². The molecule has 6 heteroatoms. The molecule has 4 heterocycles. The van der Waals surface area contributed by atoms with Crippen molar-refractivity contribution in [2.45, 2.75) is 13.3 Å². The molecule has 0 fully saturated rings. The van der Waals surface area contributed by atoms with Gasteiger partial charge in [-0.25, -0.2) is 15.5 Å². The second kappa shape index (κ2) is 4.92. The van der Waals surface area contributed by atoms with E-state index >= 15 is 0 Å². The quantitative estimate of drug-likeness (QED) is 0.730. The zero-order valence-corrected chi connectivity index (χ0v) is 12.3. The lowest BCUT2D eigenvalue weighted by Crippen LogP contribution is -2.28. The van der Waals surface area contributed by atoms with E-state index < -0.39 is 0 Å². The summed E-state index contributed by atoms with van der Waals surface area (Å²) in [5, 5.41) is 6.36. The number of hydrogen-bond acceptors (Lipinski definition) is 5. The number of fused-ring (bicyclic) bond motifs is 1. The molecule has 0 aromatic carbocycles. The van der Waals surface area contributed by atoms with E-state index in [1.54, 1.807) is 11.2 Å². The Morgan fingerprint density at radius 3 is 2.91 bits per heavy atom. The monoisotopic (exact) mass is 292 g/mol. The van der Waals surface area contributed by atoms with Gasteiger partial charge in [0.05, 0.1) is 11.4 Å². The molecule has 0 spiro atoms. The Hall–Kier alpha value is -2.73. The number of hydrogen-bond donors (Lipinski definition) is 1. The van der Waals surface area contributed by atoms with Gasteiger partial charge in [-0.15, -0.1) is 0 Å². The molecule has 22 heavy (non-hydrogen) atoms. The van der Waals surface area contributed by atoms with E-state index in [1.165, 1.54) is 0 Å². The molecule has 0 unspecified atom stereocenters. The van der Waals surface area contributed by atoms with Gasteiger partial charge in [-0.3, -0.25) is 9.99 Å². The molecule has 2 N–H and O–H groups in total. The highest BCUT2D eigenvalue weighted by Gasteiger charge is 2.23. The van der Waals surface area contributed by atoms with E-state index in [-0.39, 0.29) is 0 Å². The summed E-state index contributed by atoms with van der Waals surface area (Å²) in [6.07, 6.45) is 4.61. The fourth-order valence-electron chi connectivity index (χ4n) is 2.80. The van der Waals surface area contributed by atoms with Crippen molar-refractivity contribution in [3.63, 3.8) is 0 Å². The highest BCUT2D eigenvalue weighted by molar-refractivity contribution is 5.61. The summed E-state index contributed by atoms with van der Waals surface area (Å²) in [7, 11) is 0. The van der Waals surface area contributed by atoms with Crippen LogP contribution in [0.5, 0.6) is 0 Å². The van der Waals surface area contributed by atoms with Crippen LogP contribution in [0.4, 0.5) is 5.82 Å². The van der Waals surface area contributed by atoms with Crippen LogP contribution in [-0.2, 0) is 6.42 Å². The van der Waals surface area contributed by atoms with Crippen LogP contribution in [-0.4, -0.2) is 26.3 Å². The van der Waals surface area contributed by atoms with E-state index in [2.05, 4.69) is 15.1 Å². The van der Waals surface area contributed by atoms with Gasteiger partial charge in [-0.2, -0.15) is 5.10 Å². The maximum atomic E-state index is 5.99. The molecule has 0 saturated carbocycles. The fraction of sp³-hybridized carbons (Fsp3) is 0.188. The summed E-state index contributed by atoms with van der Waals surface area (Å²) in [6, 6.07) is 9.83. The van der Waals surface area contributed by atoms with Crippen molar-refractivity contribution in [2.75, 3.05) is 11.6 Å². The molecule has 0 saturated heterocycles. The highest BCUT2D eigenvalue weighted by Crippen LogP contribution is 2.30. The lowest BCUT2D eigenvalue weighted by Gasteiger charge is -2.13. The summed E-state index contributed by atoms with van der Waals surface area (Å²) < 4.78 is 1.89. The van der Waals surface area contributed by atoms with Crippen LogP contribution in [0.1, 0.15) is 11.3 Å². The summed E-state index contributed by atoms with van der Waals surface area (Å²) in [4.78, 5) is 8.87. The van der Waals surface area contributed by atoms with Gasteiger partial charge in [0.15, 0.2) is 0 Å². The smallest absolute Gasteiger partial charge is 0.148 e. The number of aromatic nitrogens is 4. The predicted molar refractivity (Wildman–Crippen MR) is 84.6 cm³/mol. The molecule has 0 bridgehead atoms. The van der Waals surface area contributed by atoms with Gasteiger partial charge in [-0.1, -0.05) is 6.07 Å². The Bertz CT molecular complexity index is 824. The second-order valence-electron chi connectivity index (χ2n) is 5.39. The highest BCUT2D eigenvalue weighted by atomic mass is 15.4. The molecule has 0 atom stereocenters.